The first-order valence-corrected chi connectivity index (χ1v) is 12.1. The van der Waals surface area contributed by atoms with Gasteiger partial charge in [0.15, 0.2) is 5.75 Å². The van der Waals surface area contributed by atoms with Crippen LogP contribution in [-0.4, -0.2) is 26.9 Å². The Kier molecular flexibility index (Phi) is 7.08. The predicted octanol–water partition coefficient (Wildman–Crippen LogP) is 4.22. The van der Waals surface area contributed by atoms with E-state index in [9.17, 15) is 24.8 Å². The summed E-state index contributed by atoms with van der Waals surface area (Å²) in [4.78, 5) is 35.3. The molecule has 0 spiro atoms. The highest BCUT2D eigenvalue weighted by molar-refractivity contribution is 6.01. The zero-order valence-corrected chi connectivity index (χ0v) is 20.9. The first kappa shape index (κ1) is 25.6. The highest BCUT2D eigenvalue weighted by atomic mass is 16.6. The molecule has 0 saturated carbocycles. The van der Waals surface area contributed by atoms with Crippen molar-refractivity contribution in [3.8, 4) is 16.9 Å². The van der Waals surface area contributed by atoms with Crippen molar-refractivity contribution < 1.29 is 24.0 Å². The number of fused-ring (bicyclic) bond motifs is 1. The van der Waals surface area contributed by atoms with Crippen LogP contribution in [0.2, 0.25) is 0 Å². The third kappa shape index (κ3) is 5.49. The summed E-state index contributed by atoms with van der Waals surface area (Å²) >= 11 is 0. The van der Waals surface area contributed by atoms with Crippen molar-refractivity contribution >= 4 is 17.5 Å². The molecule has 198 valence electrons. The van der Waals surface area contributed by atoms with E-state index < -0.39 is 28.2 Å². The van der Waals surface area contributed by atoms with Crippen molar-refractivity contribution in [1.82, 2.24) is 21.3 Å². The lowest BCUT2D eigenvalue weighted by atomic mass is 10.0. The van der Waals surface area contributed by atoms with Crippen LogP contribution < -0.4 is 16.3 Å². The topological polar surface area (TPSA) is 150 Å². The fraction of sp³-hybridized carbons (Fsp3) is 0.143. The summed E-state index contributed by atoms with van der Waals surface area (Å²) in [6.07, 6.45) is 1.37. The minimum Gasteiger partial charge on any atom is -0.502 e. The van der Waals surface area contributed by atoms with E-state index in [1.165, 1.54) is 23.5 Å². The highest BCUT2D eigenvalue weighted by Gasteiger charge is 2.22. The minimum absolute atomic E-state index is 0.0132. The van der Waals surface area contributed by atoms with Crippen LogP contribution in [0.1, 0.15) is 50.6 Å². The van der Waals surface area contributed by atoms with Gasteiger partial charge in [-0.15, -0.1) is 0 Å². The van der Waals surface area contributed by atoms with Crippen LogP contribution in [0.3, 0.4) is 0 Å². The number of carbonyl (C=O) groups is 2. The van der Waals surface area contributed by atoms with Crippen LogP contribution >= 0.6 is 0 Å². The molecule has 1 aliphatic rings. The number of nitro groups is 1. The summed E-state index contributed by atoms with van der Waals surface area (Å²) in [5.74, 6) is -2.09. The summed E-state index contributed by atoms with van der Waals surface area (Å²) in [6, 6.07) is 21.0. The van der Waals surface area contributed by atoms with E-state index in [0.29, 0.717) is 5.56 Å². The lowest BCUT2D eigenvalue weighted by Gasteiger charge is -2.23. The minimum atomic E-state index is -0.812. The third-order valence-electron chi connectivity index (χ3n) is 6.53. The van der Waals surface area contributed by atoms with E-state index in [4.69, 9.17) is 4.42 Å². The molecule has 1 aliphatic heterocycles. The molecule has 2 amide bonds. The van der Waals surface area contributed by atoms with Crippen molar-refractivity contribution in [2.45, 2.75) is 26.1 Å². The number of phenolic OH excluding ortho intramolecular Hbond substituents is 1. The van der Waals surface area contributed by atoms with Gasteiger partial charge in [-0.1, -0.05) is 48.5 Å². The molecule has 11 nitrogen and oxygen atoms in total. The molecule has 5 rings (SSSR count). The van der Waals surface area contributed by atoms with Crippen LogP contribution in [-0.2, 0) is 13.1 Å². The maximum Gasteiger partial charge on any atom is 0.311 e. The van der Waals surface area contributed by atoms with Gasteiger partial charge >= 0.3 is 11.6 Å². The van der Waals surface area contributed by atoms with E-state index in [2.05, 4.69) is 40.3 Å². The van der Waals surface area contributed by atoms with Crippen LogP contribution in [0.4, 0.5) is 5.69 Å². The van der Waals surface area contributed by atoms with Gasteiger partial charge < -0.3 is 9.52 Å². The first-order valence-electron chi connectivity index (χ1n) is 12.1. The van der Waals surface area contributed by atoms with Crippen molar-refractivity contribution in [3.05, 3.63) is 117 Å². The Morgan fingerprint density at radius 2 is 1.64 bits per heavy atom. The van der Waals surface area contributed by atoms with Crippen LogP contribution in [0, 0.1) is 10.1 Å². The summed E-state index contributed by atoms with van der Waals surface area (Å²) in [5, 5.41) is 22.7. The Hall–Kier alpha value is -5.00. The molecule has 0 bridgehead atoms. The number of hydrogen-bond acceptors (Lipinski definition) is 8. The summed E-state index contributed by atoms with van der Waals surface area (Å²) in [7, 11) is 0. The number of aromatic hydroxyl groups is 1. The molecule has 1 atom stereocenters. The Morgan fingerprint density at radius 1 is 0.974 bits per heavy atom. The largest absolute Gasteiger partial charge is 0.502 e. The SMILES string of the molecule is CC(NN1Cc2ccccc2C1)c1ccc(-c2ccoc2C(=O)NNC(=O)c2ccc(O)c([N+](=O)[O-])c2)cc1. The normalized spacial score (nSPS) is 13.5. The molecule has 11 heteroatoms. The van der Waals surface area contributed by atoms with Crippen LogP contribution in [0.15, 0.2) is 83.5 Å². The number of nitrogens with zero attached hydrogens (tertiary/aromatic N) is 2. The summed E-state index contributed by atoms with van der Waals surface area (Å²) in [5.41, 5.74) is 12.2. The zero-order valence-electron chi connectivity index (χ0n) is 20.9. The van der Waals surface area contributed by atoms with E-state index in [-0.39, 0.29) is 17.4 Å². The second-order valence-electron chi connectivity index (χ2n) is 9.13. The molecule has 0 fully saturated rings. The molecule has 39 heavy (non-hydrogen) atoms. The maximum atomic E-state index is 12.7. The first-order chi connectivity index (χ1) is 18.8. The monoisotopic (exact) mass is 527 g/mol. The van der Waals surface area contributed by atoms with Gasteiger partial charge in [0.1, 0.15) is 0 Å². The quantitative estimate of drug-likeness (QED) is 0.206. The summed E-state index contributed by atoms with van der Waals surface area (Å²) < 4.78 is 5.38. The average molecular weight is 528 g/mol. The Balaban J connectivity index is 1.21. The fourth-order valence-electron chi connectivity index (χ4n) is 4.49. The molecular formula is C28H25N5O6. The number of rotatable bonds is 7. The Bertz CT molecular complexity index is 1520. The van der Waals surface area contributed by atoms with E-state index >= 15 is 0 Å². The number of nitrogens with one attached hydrogen (secondary N) is 3. The van der Waals surface area contributed by atoms with E-state index in [1.807, 2.05) is 36.4 Å². The second-order valence-corrected chi connectivity index (χ2v) is 9.13. The molecule has 0 aliphatic carbocycles. The average Bonchev–Trinajstić information content (AvgIpc) is 3.59. The van der Waals surface area contributed by atoms with Crippen molar-refractivity contribution in [3.63, 3.8) is 0 Å². The molecule has 4 aromatic rings. The number of nitro benzene ring substituents is 1. The van der Waals surface area contributed by atoms with Crippen LogP contribution in [0.25, 0.3) is 11.1 Å². The molecule has 1 unspecified atom stereocenters. The smallest absolute Gasteiger partial charge is 0.311 e. The van der Waals surface area contributed by atoms with Gasteiger partial charge in [-0.25, -0.2) is 10.4 Å². The van der Waals surface area contributed by atoms with Crippen molar-refractivity contribution in [1.29, 1.82) is 0 Å². The number of hydrogen-bond donors (Lipinski definition) is 4. The maximum absolute atomic E-state index is 12.7. The fourth-order valence-corrected chi connectivity index (χ4v) is 4.49. The molecule has 3 aromatic carbocycles. The number of hydrazine groups is 2. The standard InChI is InChI=1S/C28H25N5O6/c1-17(31-32-15-21-4-2-3-5-22(21)16-32)18-6-8-19(9-7-18)23-12-13-39-26(23)28(36)30-29-27(35)20-10-11-25(34)24(14-20)33(37)38/h2-14,17,31,34H,15-16H2,1H3,(H,29,35)(H,30,36). The molecule has 4 N–H and O–H groups in total. The number of benzene rings is 3. The second kappa shape index (κ2) is 10.8. The number of amides is 2. The summed E-state index contributed by atoms with van der Waals surface area (Å²) in [6.45, 7) is 3.76. The van der Waals surface area contributed by atoms with Crippen molar-refractivity contribution in [2.75, 3.05) is 0 Å². The third-order valence-corrected chi connectivity index (χ3v) is 6.53. The van der Waals surface area contributed by atoms with Crippen molar-refractivity contribution in [2.24, 2.45) is 0 Å². The molecule has 0 saturated heterocycles. The van der Waals surface area contributed by atoms with Gasteiger partial charge in [-0.2, -0.15) is 0 Å². The molecule has 1 aromatic heterocycles. The molecule has 2 heterocycles. The van der Waals surface area contributed by atoms with Gasteiger partial charge in [0.2, 0.25) is 5.76 Å². The molecule has 0 radical (unpaired) electrons. The lowest BCUT2D eigenvalue weighted by molar-refractivity contribution is -0.385. The van der Waals surface area contributed by atoms with E-state index in [0.717, 1.165) is 36.3 Å². The van der Waals surface area contributed by atoms with Gasteiger partial charge in [0, 0.05) is 36.3 Å². The van der Waals surface area contributed by atoms with Gasteiger partial charge in [-0.3, -0.25) is 30.6 Å². The Labute approximate surface area is 223 Å². The predicted molar refractivity (Wildman–Crippen MR) is 141 cm³/mol. The number of phenols is 1. The van der Waals surface area contributed by atoms with Crippen LogP contribution in [0.5, 0.6) is 5.75 Å². The van der Waals surface area contributed by atoms with Gasteiger partial charge in [0.25, 0.3) is 5.91 Å². The van der Waals surface area contributed by atoms with Gasteiger partial charge in [-0.05, 0) is 47.4 Å². The number of carbonyl (C=O) groups excluding carboxylic acids is 2. The zero-order chi connectivity index (χ0) is 27.5. The van der Waals surface area contributed by atoms with E-state index in [1.54, 1.807) is 6.07 Å². The lowest BCUT2D eigenvalue weighted by Crippen LogP contribution is -2.41. The van der Waals surface area contributed by atoms with Gasteiger partial charge in [0.05, 0.1) is 11.2 Å². The Morgan fingerprint density at radius 3 is 2.31 bits per heavy atom. The highest BCUT2D eigenvalue weighted by Crippen LogP contribution is 2.28. The molecular weight excluding hydrogens is 502 g/mol. The number of furan rings is 1.